The van der Waals surface area contributed by atoms with Crippen molar-refractivity contribution in [2.75, 3.05) is 27.3 Å². The van der Waals surface area contributed by atoms with Crippen LogP contribution in [0.15, 0.2) is 17.0 Å². The monoisotopic (exact) mass is 361 g/mol. The van der Waals surface area contributed by atoms with E-state index in [0.29, 0.717) is 0 Å². The summed E-state index contributed by atoms with van der Waals surface area (Å²) in [7, 11) is -1.21. The highest BCUT2D eigenvalue weighted by Crippen LogP contribution is 2.34. The van der Waals surface area contributed by atoms with E-state index in [1.807, 2.05) is 0 Å². The van der Waals surface area contributed by atoms with E-state index >= 15 is 0 Å². The van der Waals surface area contributed by atoms with Crippen LogP contribution in [-0.2, 0) is 14.8 Å². The number of hydrogen-bond acceptors (Lipinski definition) is 4. The quantitative estimate of drug-likeness (QED) is 0.843. The fourth-order valence-electron chi connectivity index (χ4n) is 1.57. The van der Waals surface area contributed by atoms with Crippen LogP contribution in [0.2, 0.25) is 15.1 Å². The number of sulfonamides is 1. The van der Waals surface area contributed by atoms with E-state index in [2.05, 4.69) is 0 Å². The minimum Gasteiger partial charge on any atom is -0.389 e. The van der Waals surface area contributed by atoms with Crippen molar-refractivity contribution in [2.24, 2.45) is 0 Å². The van der Waals surface area contributed by atoms with Gasteiger partial charge in [-0.05, 0) is 12.1 Å². The van der Waals surface area contributed by atoms with E-state index < -0.39 is 16.1 Å². The third kappa shape index (κ3) is 4.21. The van der Waals surface area contributed by atoms with Gasteiger partial charge in [-0.25, -0.2) is 8.42 Å². The number of aliphatic hydroxyl groups is 1. The maximum Gasteiger partial charge on any atom is 0.245 e. The van der Waals surface area contributed by atoms with Crippen molar-refractivity contribution < 1.29 is 18.3 Å². The molecule has 114 valence electrons. The van der Waals surface area contributed by atoms with Gasteiger partial charge in [0.05, 0.1) is 22.8 Å². The first-order valence-corrected chi connectivity index (χ1v) is 8.05. The van der Waals surface area contributed by atoms with Gasteiger partial charge >= 0.3 is 0 Å². The number of hydrogen-bond donors (Lipinski definition) is 1. The molecule has 0 aromatic heterocycles. The molecule has 0 aliphatic carbocycles. The maximum atomic E-state index is 12.4. The molecule has 0 spiro atoms. The molecule has 9 heteroatoms. The Balaban J connectivity index is 3.11. The van der Waals surface area contributed by atoms with Crippen LogP contribution < -0.4 is 0 Å². The van der Waals surface area contributed by atoms with Gasteiger partial charge in [-0.2, -0.15) is 4.31 Å². The SMILES string of the molecule is COCC(O)CN(C)S(=O)(=O)c1c(Cl)cc(Cl)cc1Cl. The molecule has 0 fully saturated rings. The molecule has 0 heterocycles. The highest BCUT2D eigenvalue weighted by Gasteiger charge is 2.28. The van der Waals surface area contributed by atoms with Gasteiger partial charge in [0, 0.05) is 25.7 Å². The van der Waals surface area contributed by atoms with Crippen LogP contribution in [0.3, 0.4) is 0 Å². The Morgan fingerprint density at radius 2 is 1.80 bits per heavy atom. The summed E-state index contributed by atoms with van der Waals surface area (Å²) in [5, 5.41) is 9.68. The van der Waals surface area contributed by atoms with Crippen LogP contribution in [0.4, 0.5) is 0 Å². The molecule has 0 saturated carbocycles. The molecule has 1 aromatic rings. The zero-order valence-corrected chi connectivity index (χ0v) is 13.9. The van der Waals surface area contributed by atoms with E-state index in [1.54, 1.807) is 0 Å². The van der Waals surface area contributed by atoms with Gasteiger partial charge in [0.15, 0.2) is 0 Å². The Bertz CT molecular complexity index is 556. The van der Waals surface area contributed by atoms with Crippen molar-refractivity contribution >= 4 is 44.8 Å². The van der Waals surface area contributed by atoms with Crippen LogP contribution in [0.25, 0.3) is 0 Å². The second-order valence-electron chi connectivity index (χ2n) is 4.09. The summed E-state index contributed by atoms with van der Waals surface area (Å²) in [6.07, 6.45) is -0.954. The molecule has 1 atom stereocenters. The topological polar surface area (TPSA) is 66.8 Å². The van der Waals surface area contributed by atoms with Crippen LogP contribution in [-0.4, -0.2) is 51.2 Å². The van der Waals surface area contributed by atoms with Gasteiger partial charge in [0.25, 0.3) is 0 Å². The van der Waals surface area contributed by atoms with Crippen molar-refractivity contribution in [3.05, 3.63) is 27.2 Å². The summed E-state index contributed by atoms with van der Waals surface area (Å²) in [5.74, 6) is 0. The number of rotatable bonds is 6. The van der Waals surface area contributed by atoms with Crippen molar-refractivity contribution in [1.82, 2.24) is 4.31 Å². The van der Waals surface area contributed by atoms with Gasteiger partial charge in [-0.3, -0.25) is 0 Å². The van der Waals surface area contributed by atoms with Gasteiger partial charge < -0.3 is 9.84 Å². The summed E-state index contributed by atoms with van der Waals surface area (Å²) in [5.41, 5.74) is 0. The lowest BCUT2D eigenvalue weighted by atomic mass is 10.4. The first-order valence-electron chi connectivity index (χ1n) is 5.48. The molecule has 0 aliphatic rings. The maximum absolute atomic E-state index is 12.4. The summed E-state index contributed by atoms with van der Waals surface area (Å²) in [4.78, 5) is -0.239. The van der Waals surface area contributed by atoms with Gasteiger partial charge in [-0.1, -0.05) is 34.8 Å². The molecule has 1 aromatic carbocycles. The molecule has 5 nitrogen and oxygen atoms in total. The van der Waals surface area contributed by atoms with Crippen LogP contribution in [0, 0.1) is 0 Å². The van der Waals surface area contributed by atoms with E-state index in [1.165, 1.54) is 26.3 Å². The minimum atomic E-state index is -3.94. The smallest absolute Gasteiger partial charge is 0.245 e. The van der Waals surface area contributed by atoms with Gasteiger partial charge in [0.2, 0.25) is 10.0 Å². The Morgan fingerprint density at radius 3 is 2.25 bits per heavy atom. The van der Waals surface area contributed by atoms with Gasteiger partial charge in [-0.15, -0.1) is 0 Å². The molecular weight excluding hydrogens is 349 g/mol. The fraction of sp³-hybridized carbons (Fsp3) is 0.455. The number of halogens is 3. The van der Waals surface area contributed by atoms with E-state index in [4.69, 9.17) is 39.5 Å². The highest BCUT2D eigenvalue weighted by molar-refractivity contribution is 7.89. The van der Waals surface area contributed by atoms with E-state index in [0.717, 1.165) is 4.31 Å². The Labute approximate surface area is 133 Å². The van der Waals surface area contributed by atoms with Crippen LogP contribution in [0.5, 0.6) is 0 Å². The zero-order chi connectivity index (χ0) is 15.5. The van der Waals surface area contributed by atoms with Crippen LogP contribution >= 0.6 is 34.8 Å². The molecule has 1 rings (SSSR count). The van der Waals surface area contributed by atoms with E-state index in [-0.39, 0.29) is 33.1 Å². The molecular formula is C11H14Cl3NO4S. The number of methoxy groups -OCH3 is 1. The van der Waals surface area contributed by atoms with Crippen molar-refractivity contribution in [2.45, 2.75) is 11.0 Å². The molecule has 1 unspecified atom stereocenters. The largest absolute Gasteiger partial charge is 0.389 e. The number of aliphatic hydroxyl groups excluding tert-OH is 1. The fourth-order valence-corrected chi connectivity index (χ4v) is 4.26. The molecule has 0 saturated heterocycles. The minimum absolute atomic E-state index is 0.0158. The average molecular weight is 363 g/mol. The standard InChI is InChI=1S/C11H14Cl3NO4S/c1-15(5-8(16)6-19-2)20(17,18)11-9(13)3-7(12)4-10(11)14/h3-4,8,16H,5-6H2,1-2H3. The third-order valence-corrected chi connectivity index (χ3v) is 5.42. The highest BCUT2D eigenvalue weighted by atomic mass is 35.5. The summed E-state index contributed by atoms with van der Waals surface area (Å²) < 4.78 is 30.5. The second-order valence-corrected chi connectivity index (χ2v) is 7.33. The lowest BCUT2D eigenvalue weighted by molar-refractivity contribution is 0.0554. The normalized spacial score (nSPS) is 13.8. The van der Waals surface area contributed by atoms with Crippen molar-refractivity contribution in [3.8, 4) is 0 Å². The lowest BCUT2D eigenvalue weighted by Crippen LogP contribution is -2.36. The summed E-state index contributed by atoms with van der Waals surface area (Å²) in [6.45, 7) is -0.132. The number of ether oxygens (including phenoxy) is 1. The molecule has 0 bridgehead atoms. The van der Waals surface area contributed by atoms with Gasteiger partial charge in [0.1, 0.15) is 4.90 Å². The van der Waals surface area contributed by atoms with Crippen molar-refractivity contribution in [1.29, 1.82) is 0 Å². The number of nitrogens with zero attached hydrogens (tertiary/aromatic N) is 1. The molecule has 1 N–H and O–H groups in total. The molecule has 20 heavy (non-hydrogen) atoms. The number of likely N-dealkylation sites (N-methyl/N-ethyl adjacent to an activating group) is 1. The zero-order valence-electron chi connectivity index (χ0n) is 10.8. The summed E-state index contributed by atoms with van der Waals surface area (Å²) in [6, 6.07) is 2.59. The number of benzene rings is 1. The summed E-state index contributed by atoms with van der Waals surface area (Å²) >= 11 is 17.5. The van der Waals surface area contributed by atoms with Crippen molar-refractivity contribution in [3.63, 3.8) is 0 Å². The predicted molar refractivity (Wildman–Crippen MR) is 79.2 cm³/mol. The third-order valence-electron chi connectivity index (χ3n) is 2.46. The molecule has 0 amide bonds. The molecule has 0 aliphatic heterocycles. The van der Waals surface area contributed by atoms with E-state index in [9.17, 15) is 13.5 Å². The average Bonchev–Trinajstić information content (AvgIpc) is 2.26. The Kier molecular flexibility index (Phi) is 6.53. The molecule has 0 radical (unpaired) electrons. The lowest BCUT2D eigenvalue weighted by Gasteiger charge is -2.21. The first kappa shape index (κ1) is 18.0. The first-order chi connectivity index (χ1) is 9.20. The second kappa shape index (κ2) is 7.26. The van der Waals surface area contributed by atoms with Crippen LogP contribution in [0.1, 0.15) is 0 Å². The Morgan fingerprint density at radius 1 is 1.30 bits per heavy atom. The predicted octanol–water partition coefficient (Wildman–Crippen LogP) is 2.27. The Hall–Kier alpha value is -0.0800.